The summed E-state index contributed by atoms with van der Waals surface area (Å²) in [7, 11) is -1.90. The maximum absolute atomic E-state index is 12.2. The Kier molecular flexibility index (Phi) is 5.76. The molecule has 0 saturated carbocycles. The lowest BCUT2D eigenvalue weighted by Gasteiger charge is -2.09. The average Bonchev–Trinajstić information content (AvgIpc) is 2.51. The number of rotatable bonds is 8. The number of sulfonamides is 1. The predicted octanol–water partition coefficient (Wildman–Crippen LogP) is 2.55. The number of hydrogen-bond donors (Lipinski definition) is 1. The molecule has 120 valence electrons. The molecule has 0 aliphatic carbocycles. The van der Waals surface area contributed by atoms with Crippen molar-refractivity contribution in [1.82, 2.24) is 4.72 Å². The van der Waals surface area contributed by atoms with Crippen LogP contribution in [0, 0.1) is 0 Å². The fourth-order valence-electron chi connectivity index (χ4n) is 2.13. The number of fused-ring (bicyclic) bond motifs is 1. The Balaban J connectivity index is 2.19. The van der Waals surface area contributed by atoms with Gasteiger partial charge in [-0.25, -0.2) is 13.1 Å². The minimum absolute atomic E-state index is 0.265. The van der Waals surface area contributed by atoms with E-state index in [4.69, 9.17) is 9.47 Å². The molecule has 0 amide bonds. The van der Waals surface area contributed by atoms with Crippen molar-refractivity contribution in [2.45, 2.75) is 18.2 Å². The van der Waals surface area contributed by atoms with E-state index < -0.39 is 10.0 Å². The van der Waals surface area contributed by atoms with Crippen LogP contribution in [0.4, 0.5) is 0 Å². The summed E-state index contributed by atoms with van der Waals surface area (Å²) in [6, 6.07) is 10.7. The van der Waals surface area contributed by atoms with E-state index in [-0.39, 0.29) is 4.90 Å². The fraction of sp³-hybridized carbons (Fsp3) is 0.375. The molecule has 0 saturated heterocycles. The van der Waals surface area contributed by atoms with E-state index in [9.17, 15) is 8.42 Å². The van der Waals surface area contributed by atoms with Crippen LogP contribution >= 0.6 is 0 Å². The van der Waals surface area contributed by atoms with Crippen LogP contribution in [-0.4, -0.2) is 35.3 Å². The smallest absolute Gasteiger partial charge is 0.240 e. The highest BCUT2D eigenvalue weighted by Crippen LogP contribution is 2.23. The third kappa shape index (κ3) is 4.19. The highest BCUT2D eigenvalue weighted by molar-refractivity contribution is 7.89. The number of benzene rings is 2. The topological polar surface area (TPSA) is 64.6 Å². The minimum atomic E-state index is -3.49. The molecule has 0 unspecified atom stereocenters. The summed E-state index contributed by atoms with van der Waals surface area (Å²) in [5.74, 6) is 0.781. The summed E-state index contributed by atoms with van der Waals surface area (Å²) >= 11 is 0. The lowest BCUT2D eigenvalue weighted by atomic mass is 10.1. The zero-order valence-corrected chi connectivity index (χ0v) is 13.7. The quantitative estimate of drug-likeness (QED) is 0.758. The molecule has 2 aromatic carbocycles. The molecule has 0 aromatic heterocycles. The molecule has 6 heteroatoms. The van der Waals surface area contributed by atoms with Gasteiger partial charge in [-0.1, -0.05) is 12.1 Å². The van der Waals surface area contributed by atoms with Crippen molar-refractivity contribution in [3.63, 3.8) is 0 Å². The lowest BCUT2D eigenvalue weighted by Crippen LogP contribution is -2.25. The van der Waals surface area contributed by atoms with Gasteiger partial charge < -0.3 is 9.47 Å². The van der Waals surface area contributed by atoms with Gasteiger partial charge in [0.25, 0.3) is 0 Å². The number of nitrogens with one attached hydrogen (secondary N) is 1. The van der Waals surface area contributed by atoms with Gasteiger partial charge in [0.05, 0.1) is 11.5 Å². The molecule has 2 rings (SSSR count). The molecular formula is C16H21NO4S. The molecule has 0 spiro atoms. The van der Waals surface area contributed by atoms with E-state index in [1.54, 1.807) is 25.3 Å². The normalized spacial score (nSPS) is 11.7. The number of methoxy groups -OCH3 is 1. The highest BCUT2D eigenvalue weighted by atomic mass is 32.2. The summed E-state index contributed by atoms with van der Waals surface area (Å²) in [5.41, 5.74) is 0. The van der Waals surface area contributed by atoms with Crippen molar-refractivity contribution in [2.24, 2.45) is 0 Å². The van der Waals surface area contributed by atoms with Crippen LogP contribution in [0.15, 0.2) is 41.3 Å². The van der Waals surface area contributed by atoms with Gasteiger partial charge in [0.2, 0.25) is 10.0 Å². The summed E-state index contributed by atoms with van der Waals surface area (Å²) in [6.45, 7) is 3.41. The largest absolute Gasteiger partial charge is 0.494 e. The van der Waals surface area contributed by atoms with Crippen LogP contribution in [0.5, 0.6) is 5.75 Å². The van der Waals surface area contributed by atoms with Crippen LogP contribution in [0.3, 0.4) is 0 Å². The molecule has 0 aliphatic heterocycles. The Bertz CT molecular complexity index is 728. The van der Waals surface area contributed by atoms with E-state index in [0.29, 0.717) is 26.2 Å². The third-order valence-corrected chi connectivity index (χ3v) is 4.68. The zero-order valence-electron chi connectivity index (χ0n) is 12.8. The lowest BCUT2D eigenvalue weighted by molar-refractivity contribution is 0.196. The SMILES string of the molecule is CCOc1ccc2cc(S(=O)(=O)NCCCOC)ccc2c1. The number of hydrogen-bond acceptors (Lipinski definition) is 4. The summed E-state index contributed by atoms with van der Waals surface area (Å²) in [6.07, 6.45) is 0.640. The molecule has 0 atom stereocenters. The Morgan fingerprint density at radius 1 is 1.09 bits per heavy atom. The van der Waals surface area contributed by atoms with E-state index in [1.807, 2.05) is 25.1 Å². The first kappa shape index (κ1) is 16.7. The van der Waals surface area contributed by atoms with Gasteiger partial charge in [-0.3, -0.25) is 0 Å². The van der Waals surface area contributed by atoms with Gasteiger partial charge in [-0.2, -0.15) is 0 Å². The Labute approximate surface area is 131 Å². The third-order valence-electron chi connectivity index (χ3n) is 3.22. The molecule has 0 fully saturated rings. The maximum atomic E-state index is 12.2. The molecule has 0 heterocycles. The second-order valence-corrected chi connectivity index (χ2v) is 6.61. The van der Waals surface area contributed by atoms with Crippen molar-refractivity contribution in [2.75, 3.05) is 26.9 Å². The van der Waals surface area contributed by atoms with Gasteiger partial charge in [0, 0.05) is 20.3 Å². The Hall–Kier alpha value is -1.63. The zero-order chi connectivity index (χ0) is 16.0. The average molecular weight is 323 g/mol. The van der Waals surface area contributed by atoms with Crippen molar-refractivity contribution >= 4 is 20.8 Å². The van der Waals surface area contributed by atoms with Gasteiger partial charge in [-0.05, 0) is 48.4 Å². The van der Waals surface area contributed by atoms with Crippen LogP contribution in [-0.2, 0) is 14.8 Å². The standard InChI is InChI=1S/C16H21NO4S/c1-3-21-15-7-5-14-12-16(8-6-13(14)11-15)22(18,19)17-9-4-10-20-2/h5-8,11-12,17H,3-4,9-10H2,1-2H3. The van der Waals surface area contributed by atoms with E-state index in [1.165, 1.54) is 0 Å². The summed E-state index contributed by atoms with van der Waals surface area (Å²) in [4.78, 5) is 0.265. The molecule has 5 nitrogen and oxygen atoms in total. The van der Waals surface area contributed by atoms with Crippen molar-refractivity contribution in [1.29, 1.82) is 0 Å². The Morgan fingerprint density at radius 2 is 1.82 bits per heavy atom. The van der Waals surface area contributed by atoms with Crippen LogP contribution in [0.1, 0.15) is 13.3 Å². The van der Waals surface area contributed by atoms with Gasteiger partial charge >= 0.3 is 0 Å². The van der Waals surface area contributed by atoms with Crippen LogP contribution < -0.4 is 9.46 Å². The molecule has 0 radical (unpaired) electrons. The predicted molar refractivity (Wildman–Crippen MR) is 86.8 cm³/mol. The second-order valence-electron chi connectivity index (χ2n) is 4.85. The highest BCUT2D eigenvalue weighted by Gasteiger charge is 2.13. The van der Waals surface area contributed by atoms with Crippen LogP contribution in [0.25, 0.3) is 10.8 Å². The molecular weight excluding hydrogens is 302 g/mol. The first-order valence-corrected chi connectivity index (χ1v) is 8.70. The number of ether oxygens (including phenoxy) is 2. The first-order chi connectivity index (χ1) is 10.6. The van der Waals surface area contributed by atoms with Crippen molar-refractivity contribution in [3.8, 4) is 5.75 Å². The van der Waals surface area contributed by atoms with Crippen molar-refractivity contribution in [3.05, 3.63) is 36.4 Å². The van der Waals surface area contributed by atoms with Crippen LogP contribution in [0.2, 0.25) is 0 Å². The molecule has 22 heavy (non-hydrogen) atoms. The molecule has 0 bridgehead atoms. The molecule has 2 aromatic rings. The van der Waals surface area contributed by atoms with E-state index in [0.717, 1.165) is 16.5 Å². The molecule has 0 aliphatic rings. The van der Waals surface area contributed by atoms with E-state index in [2.05, 4.69) is 4.72 Å². The summed E-state index contributed by atoms with van der Waals surface area (Å²) in [5, 5.41) is 1.81. The summed E-state index contributed by atoms with van der Waals surface area (Å²) < 4.78 is 37.4. The fourth-order valence-corrected chi connectivity index (χ4v) is 3.24. The maximum Gasteiger partial charge on any atom is 0.240 e. The van der Waals surface area contributed by atoms with Gasteiger partial charge in [0.1, 0.15) is 5.75 Å². The first-order valence-electron chi connectivity index (χ1n) is 7.22. The van der Waals surface area contributed by atoms with Crippen molar-refractivity contribution < 1.29 is 17.9 Å². The Morgan fingerprint density at radius 3 is 2.55 bits per heavy atom. The monoisotopic (exact) mass is 323 g/mol. The second kappa shape index (κ2) is 7.58. The minimum Gasteiger partial charge on any atom is -0.494 e. The van der Waals surface area contributed by atoms with Gasteiger partial charge in [0.15, 0.2) is 0 Å². The van der Waals surface area contributed by atoms with Gasteiger partial charge in [-0.15, -0.1) is 0 Å². The molecule has 1 N–H and O–H groups in total. The van der Waals surface area contributed by atoms with E-state index >= 15 is 0 Å².